The molecule has 0 spiro atoms. The van der Waals surface area contributed by atoms with E-state index in [1.807, 2.05) is 47.2 Å². The minimum atomic E-state index is -0.859. The van der Waals surface area contributed by atoms with Gasteiger partial charge in [-0.1, -0.05) is 30.3 Å². The molecule has 0 fully saturated rings. The molecule has 34 heavy (non-hydrogen) atoms. The summed E-state index contributed by atoms with van der Waals surface area (Å²) in [7, 11) is 0. The van der Waals surface area contributed by atoms with Gasteiger partial charge in [0.15, 0.2) is 5.78 Å². The van der Waals surface area contributed by atoms with E-state index in [0.29, 0.717) is 29.7 Å². The molecule has 2 aliphatic rings. The zero-order valence-electron chi connectivity index (χ0n) is 18.4. The van der Waals surface area contributed by atoms with Crippen molar-refractivity contribution in [2.45, 2.75) is 31.6 Å². The van der Waals surface area contributed by atoms with Gasteiger partial charge in [0.05, 0.1) is 5.69 Å². The van der Waals surface area contributed by atoms with Gasteiger partial charge >= 0.3 is 0 Å². The van der Waals surface area contributed by atoms with Crippen LogP contribution in [0.2, 0.25) is 0 Å². The minimum Gasteiger partial charge on any atom is -0.362 e. The fourth-order valence-electron chi connectivity index (χ4n) is 4.85. The topological polar surface area (TPSA) is 58.2 Å². The number of carbonyl (C=O) groups excluding carboxylic acids is 2. The molecule has 2 unspecified atom stereocenters. The van der Waals surface area contributed by atoms with E-state index in [2.05, 4.69) is 10.6 Å². The van der Waals surface area contributed by atoms with Crippen molar-refractivity contribution in [3.8, 4) is 0 Å². The molecule has 1 aromatic heterocycles. The van der Waals surface area contributed by atoms with Crippen LogP contribution in [0, 0.1) is 11.6 Å². The summed E-state index contributed by atoms with van der Waals surface area (Å²) in [6.45, 7) is 1.79. The monoisotopic (exact) mass is 476 g/mol. The third-order valence-electron chi connectivity index (χ3n) is 6.40. The molecular formula is C27H22F2N2O2S. The number of carbonyl (C=O) groups is 2. The van der Waals surface area contributed by atoms with E-state index in [9.17, 15) is 18.4 Å². The van der Waals surface area contributed by atoms with Crippen LogP contribution >= 0.6 is 11.3 Å². The van der Waals surface area contributed by atoms with Gasteiger partial charge in [-0.3, -0.25) is 9.59 Å². The number of thiophene rings is 1. The zero-order chi connectivity index (χ0) is 23.8. The number of Topliss-reactive ketones (excluding diaryl/α,β-unsaturated/α-hetero) is 1. The molecule has 0 radical (unpaired) electrons. The first kappa shape index (κ1) is 22.2. The molecule has 7 heteroatoms. The summed E-state index contributed by atoms with van der Waals surface area (Å²) in [6, 6.07) is 14.8. The van der Waals surface area contributed by atoms with Crippen molar-refractivity contribution in [2.24, 2.45) is 0 Å². The lowest BCUT2D eigenvalue weighted by atomic mass is 9.72. The van der Waals surface area contributed by atoms with E-state index in [0.717, 1.165) is 29.0 Å². The van der Waals surface area contributed by atoms with Gasteiger partial charge in [-0.25, -0.2) is 8.78 Å². The molecule has 0 saturated heterocycles. The van der Waals surface area contributed by atoms with Crippen molar-refractivity contribution < 1.29 is 18.4 Å². The van der Waals surface area contributed by atoms with Crippen LogP contribution in [0.1, 0.15) is 42.7 Å². The standard InChI is InChI=1S/C27H22F2N2O2S/c1-15-24(27(33)31-21-8-7-19(28)13-20(21)29)25(17-9-10-34-14-17)26-22(30-15)11-18(12-23(26)32)16-5-3-2-4-6-16/h2-10,13-14,18,25,30H,11-12H2,1H3,(H,31,33). The van der Waals surface area contributed by atoms with E-state index >= 15 is 0 Å². The van der Waals surface area contributed by atoms with Crippen molar-refractivity contribution in [1.82, 2.24) is 5.32 Å². The number of hydrogen-bond donors (Lipinski definition) is 2. The maximum absolute atomic E-state index is 14.2. The number of nitrogens with one attached hydrogen (secondary N) is 2. The Balaban J connectivity index is 1.53. The molecule has 2 N–H and O–H groups in total. The molecular weight excluding hydrogens is 454 g/mol. The molecule has 4 nitrogen and oxygen atoms in total. The quantitative estimate of drug-likeness (QED) is 0.484. The smallest absolute Gasteiger partial charge is 0.254 e. The molecule has 1 aliphatic heterocycles. The van der Waals surface area contributed by atoms with E-state index in [4.69, 9.17) is 0 Å². The van der Waals surface area contributed by atoms with Crippen LogP contribution in [0.5, 0.6) is 0 Å². The van der Waals surface area contributed by atoms with Gasteiger partial charge in [0, 0.05) is 40.9 Å². The molecule has 0 bridgehead atoms. The lowest BCUT2D eigenvalue weighted by Crippen LogP contribution is -2.37. The first-order valence-electron chi connectivity index (χ1n) is 11.0. The van der Waals surface area contributed by atoms with Gasteiger partial charge < -0.3 is 10.6 Å². The lowest BCUT2D eigenvalue weighted by Gasteiger charge is -2.36. The predicted octanol–water partition coefficient (Wildman–Crippen LogP) is 6.03. The molecule has 5 rings (SSSR count). The molecule has 1 aliphatic carbocycles. The number of hydrogen-bond acceptors (Lipinski definition) is 4. The van der Waals surface area contributed by atoms with Gasteiger partial charge in [0.1, 0.15) is 11.6 Å². The van der Waals surface area contributed by atoms with Crippen LogP contribution in [-0.2, 0) is 9.59 Å². The third kappa shape index (κ3) is 4.07. The summed E-state index contributed by atoms with van der Waals surface area (Å²) in [6.07, 6.45) is 1.01. The van der Waals surface area contributed by atoms with Crippen LogP contribution in [0.3, 0.4) is 0 Å². The molecule has 0 saturated carbocycles. The largest absolute Gasteiger partial charge is 0.362 e. The number of dihydropyridines is 1. The predicted molar refractivity (Wildman–Crippen MR) is 128 cm³/mol. The van der Waals surface area contributed by atoms with Crippen LogP contribution in [0.4, 0.5) is 14.5 Å². The third-order valence-corrected chi connectivity index (χ3v) is 7.10. The lowest BCUT2D eigenvalue weighted by molar-refractivity contribution is -0.116. The van der Waals surface area contributed by atoms with Crippen molar-refractivity contribution in [1.29, 1.82) is 0 Å². The second-order valence-electron chi connectivity index (χ2n) is 8.56. The maximum Gasteiger partial charge on any atom is 0.254 e. The highest BCUT2D eigenvalue weighted by Gasteiger charge is 2.41. The van der Waals surface area contributed by atoms with Crippen molar-refractivity contribution in [3.05, 3.63) is 111 Å². The zero-order valence-corrected chi connectivity index (χ0v) is 19.2. The summed E-state index contributed by atoms with van der Waals surface area (Å²) < 4.78 is 27.6. The van der Waals surface area contributed by atoms with E-state index < -0.39 is 23.5 Å². The molecule has 3 aromatic rings. The molecule has 1 amide bonds. The van der Waals surface area contributed by atoms with Gasteiger partial charge in [-0.2, -0.15) is 11.3 Å². The summed E-state index contributed by atoms with van der Waals surface area (Å²) in [5.74, 6) is -2.63. The van der Waals surface area contributed by atoms with E-state index in [-0.39, 0.29) is 17.4 Å². The Bertz CT molecular complexity index is 1330. The summed E-state index contributed by atoms with van der Waals surface area (Å²) >= 11 is 1.48. The highest BCUT2D eigenvalue weighted by atomic mass is 32.1. The van der Waals surface area contributed by atoms with E-state index in [1.54, 1.807) is 6.92 Å². The molecule has 172 valence electrons. The number of allylic oxidation sites excluding steroid dienone is 3. The van der Waals surface area contributed by atoms with Crippen molar-refractivity contribution >= 4 is 28.7 Å². The fraction of sp³-hybridized carbons (Fsp3) is 0.185. The van der Waals surface area contributed by atoms with Gasteiger partial charge in [0.2, 0.25) is 0 Å². The number of anilines is 1. The Labute approximate surface area is 200 Å². The van der Waals surface area contributed by atoms with Crippen molar-refractivity contribution in [3.63, 3.8) is 0 Å². The highest BCUT2D eigenvalue weighted by molar-refractivity contribution is 7.08. The number of rotatable bonds is 4. The molecule has 2 aromatic carbocycles. The SMILES string of the molecule is CC1=C(C(=O)Nc2ccc(F)cc2F)C(c2ccsc2)C2=C(CC(c3ccccc3)CC2=O)N1. The average molecular weight is 477 g/mol. The second kappa shape index (κ2) is 8.99. The Morgan fingerprint density at radius 2 is 1.85 bits per heavy atom. The average Bonchev–Trinajstić information content (AvgIpc) is 3.35. The Hall–Kier alpha value is -3.58. The number of halogens is 2. The fourth-order valence-corrected chi connectivity index (χ4v) is 5.54. The molecule has 2 heterocycles. The number of benzene rings is 2. The number of amides is 1. The highest BCUT2D eigenvalue weighted by Crippen LogP contribution is 2.46. The van der Waals surface area contributed by atoms with Gasteiger partial charge in [0.25, 0.3) is 5.91 Å². The van der Waals surface area contributed by atoms with Gasteiger partial charge in [-0.05, 0) is 59.3 Å². The van der Waals surface area contributed by atoms with Crippen LogP contribution in [0.15, 0.2) is 87.9 Å². The van der Waals surface area contributed by atoms with Crippen LogP contribution in [-0.4, -0.2) is 11.7 Å². The normalized spacial score (nSPS) is 20.1. The molecule has 2 atom stereocenters. The van der Waals surface area contributed by atoms with Crippen LogP contribution < -0.4 is 10.6 Å². The Kier molecular flexibility index (Phi) is 5.87. The summed E-state index contributed by atoms with van der Waals surface area (Å²) in [5, 5.41) is 9.71. The first-order chi connectivity index (χ1) is 16.4. The maximum atomic E-state index is 14.2. The first-order valence-corrected chi connectivity index (χ1v) is 11.9. The number of ketones is 1. The Morgan fingerprint density at radius 1 is 1.06 bits per heavy atom. The van der Waals surface area contributed by atoms with Gasteiger partial charge in [-0.15, -0.1) is 0 Å². The summed E-state index contributed by atoms with van der Waals surface area (Å²) in [5.41, 5.74) is 4.20. The Morgan fingerprint density at radius 3 is 2.56 bits per heavy atom. The van der Waals surface area contributed by atoms with Crippen LogP contribution in [0.25, 0.3) is 0 Å². The minimum absolute atomic E-state index is 0.00966. The van der Waals surface area contributed by atoms with E-state index in [1.165, 1.54) is 17.4 Å². The van der Waals surface area contributed by atoms with Crippen molar-refractivity contribution in [2.75, 3.05) is 5.32 Å². The second-order valence-corrected chi connectivity index (χ2v) is 9.34. The summed E-state index contributed by atoms with van der Waals surface area (Å²) in [4.78, 5) is 26.9.